The normalized spacial score (nSPS) is 23.4. The molecule has 1 aliphatic heterocycles. The highest BCUT2D eigenvalue weighted by molar-refractivity contribution is 5.28. The summed E-state index contributed by atoms with van der Waals surface area (Å²) in [5.74, 6) is -0.240. The van der Waals surface area contributed by atoms with Gasteiger partial charge in [-0.1, -0.05) is 37.5 Å². The zero-order valence-electron chi connectivity index (χ0n) is 18.2. The average Bonchev–Trinajstić information content (AvgIpc) is 2.77. The second-order valence-corrected chi connectivity index (χ2v) is 9.28. The Labute approximate surface area is 186 Å². The average molecular weight is 451 g/mol. The van der Waals surface area contributed by atoms with Crippen molar-refractivity contribution in [3.05, 3.63) is 65.2 Å². The monoisotopic (exact) mass is 450 g/mol. The third-order valence-electron chi connectivity index (χ3n) is 7.10. The van der Waals surface area contributed by atoms with Crippen LogP contribution in [-0.4, -0.2) is 23.7 Å². The second-order valence-electron chi connectivity index (χ2n) is 9.28. The molecule has 0 bridgehead atoms. The van der Waals surface area contributed by atoms with Gasteiger partial charge >= 0.3 is 6.18 Å². The maximum atomic E-state index is 13.6. The fourth-order valence-electron chi connectivity index (χ4n) is 5.40. The van der Waals surface area contributed by atoms with Gasteiger partial charge in [-0.05, 0) is 68.0 Å². The third kappa shape index (κ3) is 5.31. The lowest BCUT2D eigenvalue weighted by molar-refractivity contribution is -0.141. The van der Waals surface area contributed by atoms with Gasteiger partial charge in [0.2, 0.25) is 0 Å². The van der Waals surface area contributed by atoms with Gasteiger partial charge in [-0.15, -0.1) is 0 Å². The summed E-state index contributed by atoms with van der Waals surface area (Å²) in [6.45, 7) is 1.85. The summed E-state index contributed by atoms with van der Waals surface area (Å²) in [5, 5.41) is 3.37. The summed E-state index contributed by atoms with van der Waals surface area (Å²) in [6.07, 6.45) is 5.26. The molecular weight excluding hydrogens is 420 g/mol. The van der Waals surface area contributed by atoms with E-state index in [1.165, 1.54) is 43.7 Å². The van der Waals surface area contributed by atoms with Crippen LogP contribution in [0.3, 0.4) is 0 Å². The summed E-state index contributed by atoms with van der Waals surface area (Å²) in [6, 6.07) is 9.34. The number of halogens is 4. The molecule has 32 heavy (non-hydrogen) atoms. The molecule has 3 nitrogen and oxygen atoms in total. The number of aromatic nitrogens is 1. The van der Waals surface area contributed by atoms with Gasteiger partial charge in [0.15, 0.2) is 0 Å². The molecule has 1 aliphatic carbocycles. The van der Waals surface area contributed by atoms with E-state index < -0.39 is 11.9 Å². The Kier molecular flexibility index (Phi) is 6.86. The van der Waals surface area contributed by atoms with Crippen LogP contribution >= 0.6 is 0 Å². The van der Waals surface area contributed by atoms with Gasteiger partial charge in [-0.25, -0.2) is 4.39 Å². The van der Waals surface area contributed by atoms with E-state index in [1.54, 1.807) is 0 Å². The van der Waals surface area contributed by atoms with E-state index in [-0.39, 0.29) is 16.8 Å². The molecule has 1 saturated carbocycles. The molecule has 1 aromatic heterocycles. The van der Waals surface area contributed by atoms with Gasteiger partial charge in [0.25, 0.3) is 0 Å². The van der Waals surface area contributed by atoms with E-state index in [2.05, 4.69) is 10.3 Å². The van der Waals surface area contributed by atoms with Crippen LogP contribution in [0.1, 0.15) is 68.2 Å². The van der Waals surface area contributed by atoms with E-state index >= 15 is 0 Å². The molecule has 2 aliphatic rings. The summed E-state index contributed by atoms with van der Waals surface area (Å²) in [7, 11) is 0. The number of ether oxygens (including phenoxy) is 1. The molecule has 7 heteroatoms. The highest BCUT2D eigenvalue weighted by Crippen LogP contribution is 2.49. The minimum absolute atomic E-state index is 0.0950. The van der Waals surface area contributed by atoms with Crippen molar-refractivity contribution in [1.82, 2.24) is 10.3 Å². The van der Waals surface area contributed by atoms with E-state index in [0.717, 1.165) is 43.7 Å². The zero-order valence-corrected chi connectivity index (χ0v) is 18.2. The highest BCUT2D eigenvalue weighted by Gasteiger charge is 2.46. The molecule has 1 atom stereocenters. The van der Waals surface area contributed by atoms with Crippen LogP contribution in [0.4, 0.5) is 17.6 Å². The van der Waals surface area contributed by atoms with Crippen LogP contribution in [0.15, 0.2) is 42.6 Å². The standard InChI is InChI=1S/C25H30F4N2O/c26-21-7-5-20(6-8-21)23(13-15-32-24(18-23)10-2-1-3-11-24)12-14-30-16-19-4-9-22(31-17-19)25(27,28)29/h4-9,17,30H,1-3,10-16,18H2. The number of rotatable bonds is 6. The number of nitrogens with zero attached hydrogens (tertiary/aromatic N) is 1. The van der Waals surface area contributed by atoms with Crippen molar-refractivity contribution < 1.29 is 22.3 Å². The quantitative estimate of drug-likeness (QED) is 0.422. The van der Waals surface area contributed by atoms with Crippen LogP contribution in [0.2, 0.25) is 0 Å². The Morgan fingerprint density at radius 1 is 0.969 bits per heavy atom. The van der Waals surface area contributed by atoms with E-state index in [1.807, 2.05) is 12.1 Å². The van der Waals surface area contributed by atoms with E-state index in [4.69, 9.17) is 4.74 Å². The van der Waals surface area contributed by atoms with Crippen LogP contribution in [0.5, 0.6) is 0 Å². The van der Waals surface area contributed by atoms with Crippen molar-refractivity contribution in [2.24, 2.45) is 0 Å². The molecule has 1 saturated heterocycles. The number of pyridine rings is 1. The Morgan fingerprint density at radius 3 is 2.38 bits per heavy atom. The molecule has 0 radical (unpaired) electrons. The summed E-state index contributed by atoms with van der Waals surface area (Å²) in [4.78, 5) is 3.53. The van der Waals surface area contributed by atoms with Gasteiger partial charge in [-0.3, -0.25) is 4.98 Å². The first kappa shape index (κ1) is 23.2. The first-order chi connectivity index (χ1) is 15.3. The maximum Gasteiger partial charge on any atom is 0.433 e. The second kappa shape index (κ2) is 9.48. The molecule has 2 fully saturated rings. The van der Waals surface area contributed by atoms with Gasteiger partial charge in [0, 0.05) is 24.8 Å². The third-order valence-corrected chi connectivity index (χ3v) is 7.10. The van der Waals surface area contributed by atoms with Crippen molar-refractivity contribution in [3.63, 3.8) is 0 Å². The van der Waals surface area contributed by atoms with Crippen LogP contribution in [0, 0.1) is 5.82 Å². The van der Waals surface area contributed by atoms with Gasteiger partial charge in [0.1, 0.15) is 11.5 Å². The Bertz CT molecular complexity index is 871. The number of alkyl halides is 3. The maximum absolute atomic E-state index is 13.6. The number of hydrogen-bond acceptors (Lipinski definition) is 3. The lowest BCUT2D eigenvalue weighted by Gasteiger charge is -2.50. The number of hydrogen-bond donors (Lipinski definition) is 1. The van der Waals surface area contributed by atoms with Crippen molar-refractivity contribution in [2.45, 2.75) is 75.1 Å². The van der Waals surface area contributed by atoms with Crippen LogP contribution < -0.4 is 5.32 Å². The minimum atomic E-state index is -4.42. The largest absolute Gasteiger partial charge is 0.433 e. The Morgan fingerprint density at radius 2 is 1.72 bits per heavy atom. The zero-order chi connectivity index (χ0) is 22.7. The summed E-state index contributed by atoms with van der Waals surface area (Å²) >= 11 is 0. The molecular formula is C25H30F4N2O. The van der Waals surface area contributed by atoms with Crippen molar-refractivity contribution in [3.8, 4) is 0 Å². The SMILES string of the molecule is Fc1ccc(C2(CCNCc3ccc(C(F)(F)F)nc3)CCOC3(CCCCC3)C2)cc1. The highest BCUT2D eigenvalue weighted by atomic mass is 19.4. The molecule has 174 valence electrons. The lowest BCUT2D eigenvalue weighted by Crippen LogP contribution is -2.49. The number of nitrogens with one attached hydrogen (secondary N) is 1. The van der Waals surface area contributed by atoms with Crippen molar-refractivity contribution in [1.29, 1.82) is 0 Å². The smallest absolute Gasteiger partial charge is 0.375 e. The molecule has 2 aromatic rings. The topological polar surface area (TPSA) is 34.2 Å². The summed E-state index contributed by atoms with van der Waals surface area (Å²) in [5.41, 5.74) is 0.780. The predicted octanol–water partition coefficient (Wildman–Crippen LogP) is 6.17. The Balaban J connectivity index is 1.43. The predicted molar refractivity (Wildman–Crippen MR) is 115 cm³/mol. The first-order valence-electron chi connectivity index (χ1n) is 11.4. The van der Waals surface area contributed by atoms with Crippen LogP contribution in [-0.2, 0) is 22.9 Å². The molecule has 0 amide bonds. The molecule has 1 N–H and O–H groups in total. The van der Waals surface area contributed by atoms with E-state index in [9.17, 15) is 17.6 Å². The van der Waals surface area contributed by atoms with Crippen molar-refractivity contribution >= 4 is 0 Å². The van der Waals surface area contributed by atoms with Crippen LogP contribution in [0.25, 0.3) is 0 Å². The fourth-order valence-corrected chi connectivity index (χ4v) is 5.40. The number of benzene rings is 1. The Hall–Kier alpha value is -1.99. The van der Waals surface area contributed by atoms with Gasteiger partial charge in [0.05, 0.1) is 5.60 Å². The van der Waals surface area contributed by atoms with Crippen molar-refractivity contribution in [2.75, 3.05) is 13.2 Å². The summed E-state index contributed by atoms with van der Waals surface area (Å²) < 4.78 is 58.0. The van der Waals surface area contributed by atoms with Gasteiger partial charge < -0.3 is 10.1 Å². The fraction of sp³-hybridized carbons (Fsp3) is 0.560. The lowest BCUT2D eigenvalue weighted by atomic mass is 9.63. The molecule has 4 rings (SSSR count). The van der Waals surface area contributed by atoms with Gasteiger partial charge in [-0.2, -0.15) is 13.2 Å². The molecule has 2 heterocycles. The molecule has 1 aromatic carbocycles. The first-order valence-corrected chi connectivity index (χ1v) is 11.4. The van der Waals surface area contributed by atoms with E-state index in [0.29, 0.717) is 25.3 Å². The molecule has 1 spiro atoms. The minimum Gasteiger partial charge on any atom is -0.375 e. The molecule has 1 unspecified atom stereocenters.